The van der Waals surface area contributed by atoms with Gasteiger partial charge in [-0.05, 0) is 62.4 Å². The van der Waals surface area contributed by atoms with Crippen LogP contribution in [0.25, 0.3) is 11.1 Å². The third kappa shape index (κ3) is 4.28. The highest BCUT2D eigenvalue weighted by molar-refractivity contribution is 7.89. The molecule has 0 saturated heterocycles. The van der Waals surface area contributed by atoms with Gasteiger partial charge in [0, 0.05) is 23.2 Å². The molecule has 0 bridgehead atoms. The molecule has 1 fully saturated rings. The lowest BCUT2D eigenvalue weighted by Crippen LogP contribution is -2.46. The van der Waals surface area contributed by atoms with E-state index in [1.807, 2.05) is 6.92 Å². The average molecular weight is 380 g/mol. The topological polar surface area (TPSA) is 72.2 Å². The highest BCUT2D eigenvalue weighted by atomic mass is 32.2. The van der Waals surface area contributed by atoms with Gasteiger partial charge in [-0.15, -0.1) is 0 Å². The van der Waals surface area contributed by atoms with Crippen molar-refractivity contribution in [3.63, 3.8) is 0 Å². The van der Waals surface area contributed by atoms with Crippen LogP contribution < -0.4 is 10.5 Å². The van der Waals surface area contributed by atoms with Crippen LogP contribution in [0.15, 0.2) is 47.4 Å². The van der Waals surface area contributed by atoms with Crippen LogP contribution in [0.1, 0.15) is 32.6 Å². The Kier molecular flexibility index (Phi) is 5.14. The molecule has 0 amide bonds. The molecule has 3 N–H and O–H groups in total. The molecule has 0 aliphatic heterocycles. The predicted octanol–water partition coefficient (Wildman–Crippen LogP) is 3.57. The summed E-state index contributed by atoms with van der Waals surface area (Å²) in [6.45, 7) is 1.98. The summed E-state index contributed by atoms with van der Waals surface area (Å²) >= 11 is 0. The first-order valence-corrected chi connectivity index (χ1v) is 10.0. The second-order valence-corrected chi connectivity index (χ2v) is 8.91. The molecule has 7 heteroatoms. The van der Waals surface area contributed by atoms with Crippen LogP contribution in [0.3, 0.4) is 0 Å². The standard InChI is InChI=1S/C19H22F2N2O2S/c1-19(22)10-8-15(9-11-19)23-26(24,25)16-5-2-13(3-6-16)17-7-4-14(20)12-18(17)21/h2-7,12,15,23H,8-11,22H2,1H3. The summed E-state index contributed by atoms with van der Waals surface area (Å²) in [6, 6.07) is 9.05. The van der Waals surface area contributed by atoms with E-state index in [-0.39, 0.29) is 22.0 Å². The third-order valence-electron chi connectivity index (χ3n) is 4.86. The first kappa shape index (κ1) is 18.9. The van der Waals surface area contributed by atoms with Crippen molar-refractivity contribution in [2.75, 3.05) is 0 Å². The summed E-state index contributed by atoms with van der Waals surface area (Å²) in [4.78, 5) is 0.116. The Balaban J connectivity index is 1.75. The second kappa shape index (κ2) is 7.06. The Morgan fingerprint density at radius 1 is 1.08 bits per heavy atom. The fraction of sp³-hybridized carbons (Fsp3) is 0.368. The maximum absolute atomic E-state index is 13.9. The van der Waals surface area contributed by atoms with Crippen LogP contribution in [-0.2, 0) is 10.0 Å². The van der Waals surface area contributed by atoms with Crippen molar-refractivity contribution in [3.05, 3.63) is 54.1 Å². The molecule has 0 unspecified atom stereocenters. The van der Waals surface area contributed by atoms with E-state index in [0.29, 0.717) is 18.4 Å². The van der Waals surface area contributed by atoms with Gasteiger partial charge in [-0.25, -0.2) is 21.9 Å². The highest BCUT2D eigenvalue weighted by Gasteiger charge is 2.30. The molecule has 0 spiro atoms. The Bertz CT molecular complexity index is 886. The van der Waals surface area contributed by atoms with E-state index in [9.17, 15) is 17.2 Å². The molecule has 1 aliphatic rings. The number of hydrogen-bond donors (Lipinski definition) is 2. The minimum Gasteiger partial charge on any atom is -0.325 e. The van der Waals surface area contributed by atoms with Crippen LogP contribution in [0.4, 0.5) is 8.78 Å². The number of hydrogen-bond acceptors (Lipinski definition) is 3. The number of benzene rings is 2. The molecule has 140 valence electrons. The lowest BCUT2D eigenvalue weighted by molar-refractivity contribution is 0.285. The van der Waals surface area contributed by atoms with E-state index in [1.54, 1.807) is 0 Å². The van der Waals surface area contributed by atoms with Gasteiger partial charge in [0.25, 0.3) is 0 Å². The van der Waals surface area contributed by atoms with Gasteiger partial charge in [0.2, 0.25) is 10.0 Å². The number of halogens is 2. The monoisotopic (exact) mass is 380 g/mol. The van der Waals surface area contributed by atoms with Gasteiger partial charge in [0.15, 0.2) is 0 Å². The third-order valence-corrected chi connectivity index (χ3v) is 6.39. The number of nitrogens with two attached hydrogens (primary N) is 1. The molecule has 3 rings (SSSR count). The van der Waals surface area contributed by atoms with Crippen molar-refractivity contribution >= 4 is 10.0 Å². The summed E-state index contributed by atoms with van der Waals surface area (Å²) in [5.74, 6) is -1.35. The van der Waals surface area contributed by atoms with Crippen LogP contribution in [0, 0.1) is 11.6 Å². The van der Waals surface area contributed by atoms with Crippen molar-refractivity contribution in [1.82, 2.24) is 4.72 Å². The maximum Gasteiger partial charge on any atom is 0.240 e. The Morgan fingerprint density at radius 3 is 2.27 bits per heavy atom. The zero-order chi connectivity index (χ0) is 18.9. The highest BCUT2D eigenvalue weighted by Crippen LogP contribution is 2.28. The van der Waals surface area contributed by atoms with Gasteiger partial charge in [0.05, 0.1) is 4.90 Å². The smallest absolute Gasteiger partial charge is 0.240 e. The van der Waals surface area contributed by atoms with Crippen LogP contribution >= 0.6 is 0 Å². The molecule has 1 saturated carbocycles. The lowest BCUT2D eigenvalue weighted by Gasteiger charge is -2.34. The first-order chi connectivity index (χ1) is 12.2. The maximum atomic E-state index is 13.9. The molecule has 0 aromatic heterocycles. The first-order valence-electron chi connectivity index (χ1n) is 8.53. The van der Waals surface area contributed by atoms with Crippen molar-refractivity contribution in [2.45, 2.75) is 49.1 Å². The minimum absolute atomic E-state index is 0.116. The van der Waals surface area contributed by atoms with Gasteiger partial charge >= 0.3 is 0 Å². The minimum atomic E-state index is -3.66. The quantitative estimate of drug-likeness (QED) is 0.852. The lowest BCUT2D eigenvalue weighted by atomic mass is 9.82. The van der Waals surface area contributed by atoms with Crippen molar-refractivity contribution in [2.24, 2.45) is 5.73 Å². The predicted molar refractivity (Wildman–Crippen MR) is 97.0 cm³/mol. The molecule has 4 nitrogen and oxygen atoms in total. The number of sulfonamides is 1. The molecule has 2 aromatic carbocycles. The molecule has 2 aromatic rings. The molecular formula is C19H22F2N2O2S. The van der Waals surface area contributed by atoms with E-state index >= 15 is 0 Å². The van der Waals surface area contributed by atoms with Crippen molar-refractivity contribution in [3.8, 4) is 11.1 Å². The SMILES string of the molecule is CC1(N)CCC(NS(=O)(=O)c2ccc(-c3ccc(F)cc3F)cc2)CC1. The Morgan fingerprint density at radius 2 is 1.69 bits per heavy atom. The number of rotatable bonds is 4. The zero-order valence-corrected chi connectivity index (χ0v) is 15.3. The molecule has 0 atom stereocenters. The fourth-order valence-electron chi connectivity index (χ4n) is 3.22. The molecule has 0 heterocycles. The number of nitrogens with one attached hydrogen (secondary N) is 1. The van der Waals surface area contributed by atoms with Gasteiger partial charge in [-0.2, -0.15) is 0 Å². The molecule has 26 heavy (non-hydrogen) atoms. The summed E-state index contributed by atoms with van der Waals surface area (Å²) in [7, 11) is -3.66. The van der Waals surface area contributed by atoms with Crippen LogP contribution in [-0.4, -0.2) is 20.0 Å². The largest absolute Gasteiger partial charge is 0.325 e. The van der Waals surface area contributed by atoms with E-state index in [2.05, 4.69) is 4.72 Å². The molecule has 1 aliphatic carbocycles. The summed E-state index contributed by atoms with van der Waals surface area (Å²) in [6.07, 6.45) is 2.93. The van der Waals surface area contributed by atoms with Crippen LogP contribution in [0.2, 0.25) is 0 Å². The van der Waals surface area contributed by atoms with Crippen molar-refractivity contribution < 1.29 is 17.2 Å². The zero-order valence-electron chi connectivity index (χ0n) is 14.5. The van der Waals surface area contributed by atoms with E-state index < -0.39 is 21.7 Å². The van der Waals surface area contributed by atoms with E-state index in [1.165, 1.54) is 36.4 Å². The molecular weight excluding hydrogens is 358 g/mol. The summed E-state index contributed by atoms with van der Waals surface area (Å²) in [5.41, 5.74) is 6.55. The Labute approximate surface area is 152 Å². The van der Waals surface area contributed by atoms with E-state index in [0.717, 1.165) is 18.9 Å². The van der Waals surface area contributed by atoms with Gasteiger partial charge in [0.1, 0.15) is 11.6 Å². The normalized spacial score (nSPS) is 23.8. The Hall–Kier alpha value is -1.83. The van der Waals surface area contributed by atoms with E-state index in [4.69, 9.17) is 5.73 Å². The van der Waals surface area contributed by atoms with Crippen molar-refractivity contribution in [1.29, 1.82) is 0 Å². The van der Waals surface area contributed by atoms with Crippen LogP contribution in [0.5, 0.6) is 0 Å². The van der Waals surface area contributed by atoms with Gasteiger partial charge < -0.3 is 5.73 Å². The average Bonchev–Trinajstić information content (AvgIpc) is 2.57. The summed E-state index contributed by atoms with van der Waals surface area (Å²) < 4.78 is 54.7. The summed E-state index contributed by atoms with van der Waals surface area (Å²) in [5, 5.41) is 0. The fourth-order valence-corrected chi connectivity index (χ4v) is 4.52. The second-order valence-electron chi connectivity index (χ2n) is 7.20. The van der Waals surface area contributed by atoms with Gasteiger partial charge in [-0.3, -0.25) is 0 Å². The van der Waals surface area contributed by atoms with Gasteiger partial charge in [-0.1, -0.05) is 12.1 Å². The molecule has 0 radical (unpaired) electrons.